The first kappa shape index (κ1) is 13.2. The number of halogens is 2. The second kappa shape index (κ2) is 5.61. The van der Waals surface area contributed by atoms with Crippen LogP contribution in [-0.2, 0) is 0 Å². The van der Waals surface area contributed by atoms with Gasteiger partial charge in [-0.1, -0.05) is 19.1 Å². The Kier molecular flexibility index (Phi) is 4.12. The number of nitrogens with one attached hydrogen (secondary N) is 1. The zero-order valence-electron chi connectivity index (χ0n) is 10.8. The molecule has 0 radical (unpaired) electrons. The molecule has 1 fully saturated rings. The molecule has 0 saturated carbocycles. The van der Waals surface area contributed by atoms with Crippen molar-refractivity contribution < 1.29 is 8.78 Å². The van der Waals surface area contributed by atoms with Gasteiger partial charge in [-0.25, -0.2) is 8.78 Å². The van der Waals surface area contributed by atoms with Gasteiger partial charge in [0.2, 0.25) is 0 Å². The van der Waals surface area contributed by atoms with Crippen LogP contribution in [0.4, 0.5) is 8.78 Å². The predicted octanol–water partition coefficient (Wildman–Crippen LogP) is 3.67. The van der Waals surface area contributed by atoms with Gasteiger partial charge >= 0.3 is 0 Å². The van der Waals surface area contributed by atoms with Crippen LogP contribution in [0, 0.1) is 24.5 Å². The SMILES string of the molecule is Cc1cc(F)c(/C=C/C2CCC(C)CN2)c(F)c1. The Labute approximate surface area is 107 Å². The maximum absolute atomic E-state index is 13.6. The van der Waals surface area contributed by atoms with Crippen LogP contribution < -0.4 is 5.32 Å². The first-order valence-electron chi connectivity index (χ1n) is 6.43. The second-order valence-electron chi connectivity index (χ2n) is 5.20. The van der Waals surface area contributed by atoms with Gasteiger partial charge in [-0.15, -0.1) is 0 Å². The molecule has 1 nitrogen and oxygen atoms in total. The highest BCUT2D eigenvalue weighted by atomic mass is 19.1. The summed E-state index contributed by atoms with van der Waals surface area (Å²) < 4.78 is 27.2. The molecular formula is C15H19F2N. The van der Waals surface area contributed by atoms with E-state index < -0.39 is 11.6 Å². The summed E-state index contributed by atoms with van der Waals surface area (Å²) in [5.74, 6) is -0.302. The number of rotatable bonds is 2. The van der Waals surface area contributed by atoms with E-state index in [4.69, 9.17) is 0 Å². The summed E-state index contributed by atoms with van der Waals surface area (Å²) >= 11 is 0. The Balaban J connectivity index is 2.09. The topological polar surface area (TPSA) is 12.0 Å². The smallest absolute Gasteiger partial charge is 0.133 e. The van der Waals surface area contributed by atoms with Crippen LogP contribution in [0.25, 0.3) is 6.08 Å². The van der Waals surface area contributed by atoms with Gasteiger partial charge in [-0.3, -0.25) is 0 Å². The highest BCUT2D eigenvalue weighted by Gasteiger charge is 2.15. The number of hydrogen-bond acceptors (Lipinski definition) is 1. The van der Waals surface area contributed by atoms with E-state index in [1.807, 2.05) is 6.08 Å². The Bertz CT molecular complexity index is 423. The van der Waals surface area contributed by atoms with Crippen molar-refractivity contribution in [1.29, 1.82) is 0 Å². The molecule has 0 aromatic heterocycles. The average Bonchev–Trinajstić information content (AvgIpc) is 2.30. The third-order valence-electron chi connectivity index (χ3n) is 3.42. The molecule has 98 valence electrons. The summed E-state index contributed by atoms with van der Waals surface area (Å²) in [4.78, 5) is 0. The molecule has 2 atom stereocenters. The third-order valence-corrected chi connectivity index (χ3v) is 3.42. The van der Waals surface area contributed by atoms with E-state index in [0.29, 0.717) is 11.5 Å². The van der Waals surface area contributed by atoms with Crippen LogP contribution in [0.2, 0.25) is 0 Å². The lowest BCUT2D eigenvalue weighted by molar-refractivity contribution is 0.363. The highest BCUT2D eigenvalue weighted by molar-refractivity contribution is 5.52. The van der Waals surface area contributed by atoms with Crippen LogP contribution in [0.1, 0.15) is 30.9 Å². The monoisotopic (exact) mass is 251 g/mol. The fourth-order valence-corrected chi connectivity index (χ4v) is 2.27. The van der Waals surface area contributed by atoms with Crippen LogP contribution in [0.3, 0.4) is 0 Å². The predicted molar refractivity (Wildman–Crippen MR) is 70.3 cm³/mol. The van der Waals surface area contributed by atoms with Crippen molar-refractivity contribution in [3.05, 3.63) is 41.0 Å². The van der Waals surface area contributed by atoms with Crippen molar-refractivity contribution in [3.63, 3.8) is 0 Å². The summed E-state index contributed by atoms with van der Waals surface area (Å²) in [5, 5.41) is 3.36. The molecule has 0 spiro atoms. The van der Waals surface area contributed by atoms with E-state index in [2.05, 4.69) is 12.2 Å². The zero-order chi connectivity index (χ0) is 13.1. The maximum atomic E-state index is 13.6. The van der Waals surface area contributed by atoms with E-state index in [1.54, 1.807) is 13.0 Å². The highest BCUT2D eigenvalue weighted by Crippen LogP contribution is 2.19. The first-order chi connectivity index (χ1) is 8.56. The number of aryl methyl sites for hydroxylation is 1. The molecule has 1 aromatic carbocycles. The molecule has 18 heavy (non-hydrogen) atoms. The second-order valence-corrected chi connectivity index (χ2v) is 5.20. The van der Waals surface area contributed by atoms with Crippen molar-refractivity contribution in [2.45, 2.75) is 32.7 Å². The zero-order valence-corrected chi connectivity index (χ0v) is 10.8. The lowest BCUT2D eigenvalue weighted by atomic mass is 9.96. The molecule has 0 amide bonds. The molecule has 0 aliphatic carbocycles. The summed E-state index contributed by atoms with van der Waals surface area (Å²) in [6.45, 7) is 4.85. The molecule has 2 unspecified atom stereocenters. The Morgan fingerprint density at radius 2 is 1.89 bits per heavy atom. The molecule has 1 aliphatic rings. The summed E-state index contributed by atoms with van der Waals surface area (Å²) in [7, 11) is 0. The van der Waals surface area contributed by atoms with Crippen LogP contribution >= 0.6 is 0 Å². The average molecular weight is 251 g/mol. The maximum Gasteiger partial charge on any atom is 0.133 e. The molecule has 1 N–H and O–H groups in total. The molecule has 1 aromatic rings. The van der Waals surface area contributed by atoms with Crippen LogP contribution in [-0.4, -0.2) is 12.6 Å². The molecule has 2 rings (SSSR count). The van der Waals surface area contributed by atoms with Crippen LogP contribution in [0.15, 0.2) is 18.2 Å². The minimum atomic E-state index is -0.493. The Morgan fingerprint density at radius 3 is 2.44 bits per heavy atom. The number of hydrogen-bond donors (Lipinski definition) is 1. The molecule has 1 heterocycles. The molecule has 3 heteroatoms. The lowest BCUT2D eigenvalue weighted by Crippen LogP contribution is -2.36. The molecule has 0 bridgehead atoms. The van der Waals surface area contributed by atoms with Crippen molar-refractivity contribution in [1.82, 2.24) is 5.32 Å². The summed E-state index contributed by atoms with van der Waals surface area (Å²) in [6.07, 6.45) is 5.59. The fraction of sp³-hybridized carbons (Fsp3) is 0.467. The van der Waals surface area contributed by atoms with Gasteiger partial charge in [0.15, 0.2) is 0 Å². The van der Waals surface area contributed by atoms with Crippen molar-refractivity contribution in [2.24, 2.45) is 5.92 Å². The Hall–Kier alpha value is -1.22. The van der Waals surface area contributed by atoms with E-state index in [9.17, 15) is 8.78 Å². The first-order valence-corrected chi connectivity index (χ1v) is 6.43. The normalized spacial score (nSPS) is 24.7. The minimum absolute atomic E-state index is 0.0565. The molecule has 1 saturated heterocycles. The van der Waals surface area contributed by atoms with Crippen molar-refractivity contribution >= 4 is 6.08 Å². The quantitative estimate of drug-likeness (QED) is 0.845. The number of piperidine rings is 1. The largest absolute Gasteiger partial charge is 0.310 e. The van der Waals surface area contributed by atoms with Gasteiger partial charge in [-0.05, 0) is 49.9 Å². The van der Waals surface area contributed by atoms with Crippen molar-refractivity contribution in [2.75, 3.05) is 6.54 Å². The van der Waals surface area contributed by atoms with E-state index >= 15 is 0 Å². The molecular weight excluding hydrogens is 232 g/mol. The summed E-state index contributed by atoms with van der Waals surface area (Å²) in [5.41, 5.74) is 0.660. The van der Waals surface area contributed by atoms with Crippen molar-refractivity contribution in [3.8, 4) is 0 Å². The van der Waals surface area contributed by atoms with Gasteiger partial charge in [0, 0.05) is 11.6 Å². The van der Waals surface area contributed by atoms with Gasteiger partial charge < -0.3 is 5.32 Å². The molecule has 1 aliphatic heterocycles. The van der Waals surface area contributed by atoms with E-state index in [0.717, 1.165) is 19.4 Å². The Morgan fingerprint density at radius 1 is 1.22 bits per heavy atom. The minimum Gasteiger partial charge on any atom is -0.310 e. The van der Waals surface area contributed by atoms with Gasteiger partial charge in [0.25, 0.3) is 0 Å². The standard InChI is InChI=1S/C15H19F2N/c1-10-3-4-12(18-9-10)5-6-13-14(16)7-11(2)8-15(13)17/h5-8,10,12,18H,3-4,9H2,1-2H3/b6-5+. The number of benzene rings is 1. The van der Waals surface area contributed by atoms with Gasteiger partial charge in [-0.2, -0.15) is 0 Å². The lowest BCUT2D eigenvalue weighted by Gasteiger charge is -2.25. The third kappa shape index (κ3) is 3.16. The summed E-state index contributed by atoms with van der Waals surface area (Å²) in [6, 6.07) is 2.94. The van der Waals surface area contributed by atoms with Crippen LogP contribution in [0.5, 0.6) is 0 Å². The van der Waals surface area contributed by atoms with E-state index in [1.165, 1.54) is 12.1 Å². The van der Waals surface area contributed by atoms with Gasteiger partial charge in [0.1, 0.15) is 11.6 Å². The fourth-order valence-electron chi connectivity index (χ4n) is 2.27. The van der Waals surface area contributed by atoms with E-state index in [-0.39, 0.29) is 11.6 Å². The van der Waals surface area contributed by atoms with Gasteiger partial charge in [0.05, 0.1) is 0 Å².